The Morgan fingerprint density at radius 1 is 1.11 bits per heavy atom. The quantitative estimate of drug-likeness (QED) is 0.175. The van der Waals surface area contributed by atoms with Crippen molar-refractivity contribution in [2.45, 2.75) is 31.1 Å². The first-order valence-electron chi connectivity index (χ1n) is 11.8. The van der Waals surface area contributed by atoms with Gasteiger partial charge >= 0.3 is 0 Å². The number of amides is 1. The third-order valence-corrected chi connectivity index (χ3v) is 6.23. The Morgan fingerprint density at radius 2 is 1.89 bits per heavy atom. The highest BCUT2D eigenvalue weighted by atomic mass is 16.6. The van der Waals surface area contributed by atoms with Crippen LogP contribution in [0.5, 0.6) is 5.75 Å². The topological polar surface area (TPSA) is 204 Å². The zero-order valence-corrected chi connectivity index (χ0v) is 20.1. The van der Waals surface area contributed by atoms with Gasteiger partial charge in [0.2, 0.25) is 5.95 Å². The molecule has 0 bridgehead atoms. The minimum Gasteiger partial charge on any atom is -0.484 e. The van der Waals surface area contributed by atoms with Crippen molar-refractivity contribution in [3.8, 4) is 16.9 Å². The van der Waals surface area contributed by atoms with Crippen LogP contribution in [-0.2, 0) is 16.1 Å². The number of benzene rings is 2. The molecule has 0 aliphatic carbocycles. The van der Waals surface area contributed by atoms with Gasteiger partial charge in [-0.15, -0.1) is 0 Å². The van der Waals surface area contributed by atoms with Crippen LogP contribution in [-0.4, -0.2) is 72.3 Å². The second-order valence-electron chi connectivity index (χ2n) is 8.80. The number of nitrogens with zero attached hydrogens (tertiary/aromatic N) is 4. The Balaban J connectivity index is 1.36. The second-order valence-corrected chi connectivity index (χ2v) is 8.80. The van der Waals surface area contributed by atoms with Crippen molar-refractivity contribution in [3.05, 3.63) is 60.4 Å². The third kappa shape index (κ3) is 4.95. The standard InChI is InChI=1S/C25H27N7O6/c26-18(34)11-37-16-3-1-2-15(8-16)14-6-4-13(5-7-14)9-28-25-31-19-22(27)29-12-30-23(19)32(25)24-21(36)20(35)17(10-33)38-24/h1-8,12,17,20-21,24,33,35-36H,9-11H2,(H2,26,34)(H,28,31)(H2,27,29,30)/t17-,20?,21?,24-/m1/s1. The number of ether oxygens (including phenoxy) is 2. The summed E-state index contributed by atoms with van der Waals surface area (Å²) in [4.78, 5) is 23.7. The van der Waals surface area contributed by atoms with E-state index in [1.54, 1.807) is 6.07 Å². The van der Waals surface area contributed by atoms with Crippen molar-refractivity contribution >= 4 is 28.8 Å². The second kappa shape index (κ2) is 10.6. The number of anilines is 2. The van der Waals surface area contributed by atoms with E-state index in [9.17, 15) is 20.1 Å². The highest BCUT2D eigenvalue weighted by Gasteiger charge is 2.45. The van der Waals surface area contributed by atoms with Crippen molar-refractivity contribution in [3.63, 3.8) is 0 Å². The maximum Gasteiger partial charge on any atom is 0.255 e. The first-order valence-corrected chi connectivity index (χ1v) is 11.8. The number of nitrogen functional groups attached to an aromatic ring is 1. The SMILES string of the molecule is NC(=O)COc1cccc(-c2ccc(CNc3nc4c(N)ncnc4n3[C@@H]3O[C@H](CO)C(O)C3O)cc2)c1. The molecule has 38 heavy (non-hydrogen) atoms. The predicted octanol–water partition coefficient (Wildman–Crippen LogP) is 0.163. The number of imidazole rings is 1. The third-order valence-electron chi connectivity index (χ3n) is 6.23. The molecule has 1 amide bonds. The Hall–Kier alpha value is -4.30. The molecule has 2 aromatic heterocycles. The molecule has 1 saturated heterocycles. The minimum absolute atomic E-state index is 0.148. The highest BCUT2D eigenvalue weighted by Crippen LogP contribution is 2.35. The molecule has 1 fully saturated rings. The number of hydrogen-bond acceptors (Lipinski definition) is 11. The van der Waals surface area contributed by atoms with Crippen LogP contribution in [0.25, 0.3) is 22.3 Å². The van der Waals surface area contributed by atoms with E-state index >= 15 is 0 Å². The number of hydrogen-bond donors (Lipinski definition) is 6. The number of primary amides is 1. The van der Waals surface area contributed by atoms with E-state index in [0.29, 0.717) is 29.4 Å². The van der Waals surface area contributed by atoms with Gasteiger partial charge in [-0.1, -0.05) is 36.4 Å². The van der Waals surface area contributed by atoms with Crippen LogP contribution in [0.3, 0.4) is 0 Å². The van der Waals surface area contributed by atoms with Gasteiger partial charge in [-0.3, -0.25) is 9.36 Å². The van der Waals surface area contributed by atoms with E-state index in [2.05, 4.69) is 20.3 Å². The van der Waals surface area contributed by atoms with Gasteiger partial charge in [-0.25, -0.2) is 15.0 Å². The number of fused-ring (bicyclic) bond motifs is 1. The average Bonchev–Trinajstić information content (AvgIpc) is 3.43. The predicted molar refractivity (Wildman–Crippen MR) is 137 cm³/mol. The smallest absolute Gasteiger partial charge is 0.255 e. The maximum atomic E-state index is 11.0. The summed E-state index contributed by atoms with van der Waals surface area (Å²) in [6.45, 7) is -0.306. The van der Waals surface area contributed by atoms with Crippen molar-refractivity contribution < 1.29 is 29.6 Å². The number of nitrogens with two attached hydrogens (primary N) is 2. The van der Waals surface area contributed by atoms with Gasteiger partial charge in [0, 0.05) is 6.54 Å². The van der Waals surface area contributed by atoms with E-state index < -0.39 is 37.1 Å². The van der Waals surface area contributed by atoms with E-state index in [-0.39, 0.29) is 12.4 Å². The van der Waals surface area contributed by atoms with Crippen LogP contribution in [0.4, 0.5) is 11.8 Å². The van der Waals surface area contributed by atoms with Crippen LogP contribution >= 0.6 is 0 Å². The van der Waals surface area contributed by atoms with Crippen LogP contribution in [0.2, 0.25) is 0 Å². The van der Waals surface area contributed by atoms with Crippen molar-refractivity contribution in [1.82, 2.24) is 19.5 Å². The summed E-state index contributed by atoms with van der Waals surface area (Å²) >= 11 is 0. The summed E-state index contributed by atoms with van der Waals surface area (Å²) in [6.07, 6.45) is -3.37. The molecule has 13 heteroatoms. The minimum atomic E-state index is -1.33. The van der Waals surface area contributed by atoms with Crippen molar-refractivity contribution in [2.24, 2.45) is 5.73 Å². The lowest BCUT2D eigenvalue weighted by Gasteiger charge is -2.19. The van der Waals surface area contributed by atoms with E-state index in [4.69, 9.17) is 20.9 Å². The normalized spacial score (nSPS) is 21.0. The number of carbonyl (C=O) groups is 1. The van der Waals surface area contributed by atoms with E-state index in [0.717, 1.165) is 16.7 Å². The van der Waals surface area contributed by atoms with Gasteiger partial charge in [0.15, 0.2) is 29.8 Å². The number of aromatic nitrogens is 4. The monoisotopic (exact) mass is 521 g/mol. The molecule has 0 spiro atoms. The molecule has 2 aromatic carbocycles. The molecule has 0 radical (unpaired) electrons. The van der Waals surface area contributed by atoms with Crippen LogP contribution in [0, 0.1) is 0 Å². The molecule has 2 unspecified atom stereocenters. The Labute approximate surface area is 216 Å². The summed E-state index contributed by atoms with van der Waals surface area (Å²) in [5, 5.41) is 33.6. The molecular formula is C25H27N7O6. The van der Waals surface area contributed by atoms with Gasteiger partial charge < -0.3 is 41.6 Å². The highest BCUT2D eigenvalue weighted by molar-refractivity contribution is 5.84. The summed E-state index contributed by atoms with van der Waals surface area (Å²) in [6, 6.07) is 15.1. The Morgan fingerprint density at radius 3 is 2.61 bits per heavy atom. The van der Waals surface area contributed by atoms with E-state index in [1.807, 2.05) is 42.5 Å². The lowest BCUT2D eigenvalue weighted by molar-refractivity contribution is -0.119. The van der Waals surface area contributed by atoms with E-state index in [1.165, 1.54) is 10.9 Å². The number of aliphatic hydroxyl groups excluding tert-OH is 3. The van der Waals surface area contributed by atoms with Gasteiger partial charge in [0.1, 0.15) is 30.4 Å². The van der Waals surface area contributed by atoms with Crippen molar-refractivity contribution in [2.75, 3.05) is 24.3 Å². The molecule has 4 aromatic rings. The molecule has 1 aliphatic rings. The zero-order valence-electron chi connectivity index (χ0n) is 20.1. The number of rotatable bonds is 9. The maximum absolute atomic E-state index is 11.0. The summed E-state index contributed by atoms with van der Waals surface area (Å²) < 4.78 is 12.6. The summed E-state index contributed by atoms with van der Waals surface area (Å²) in [5.41, 5.74) is 14.5. The molecule has 4 atom stereocenters. The molecule has 1 aliphatic heterocycles. The van der Waals surface area contributed by atoms with Gasteiger partial charge in [-0.05, 0) is 28.8 Å². The summed E-state index contributed by atoms with van der Waals surface area (Å²) in [5.74, 6) is 0.437. The van der Waals surface area contributed by atoms with Gasteiger partial charge in [0.05, 0.1) is 6.61 Å². The fourth-order valence-corrected chi connectivity index (χ4v) is 4.30. The molecule has 13 nitrogen and oxygen atoms in total. The molecular weight excluding hydrogens is 494 g/mol. The molecule has 0 saturated carbocycles. The average molecular weight is 522 g/mol. The Kier molecular flexibility index (Phi) is 7.07. The van der Waals surface area contributed by atoms with Crippen LogP contribution in [0.1, 0.15) is 11.8 Å². The first kappa shape index (κ1) is 25.4. The lowest BCUT2D eigenvalue weighted by Crippen LogP contribution is -2.33. The molecule has 198 valence electrons. The summed E-state index contributed by atoms with van der Waals surface area (Å²) in [7, 11) is 0. The van der Waals surface area contributed by atoms with Gasteiger partial charge in [-0.2, -0.15) is 0 Å². The van der Waals surface area contributed by atoms with Crippen molar-refractivity contribution in [1.29, 1.82) is 0 Å². The first-order chi connectivity index (χ1) is 18.4. The number of nitrogens with one attached hydrogen (secondary N) is 1. The van der Waals surface area contributed by atoms with Gasteiger partial charge in [0.25, 0.3) is 5.91 Å². The number of aliphatic hydroxyl groups is 3. The largest absolute Gasteiger partial charge is 0.484 e. The molecule has 3 heterocycles. The fourth-order valence-electron chi connectivity index (χ4n) is 4.30. The zero-order chi connectivity index (χ0) is 26.8. The lowest BCUT2D eigenvalue weighted by atomic mass is 10.0. The van der Waals surface area contributed by atoms with Crippen LogP contribution in [0.15, 0.2) is 54.9 Å². The molecule has 5 rings (SSSR count). The molecule has 8 N–H and O–H groups in total. The fraction of sp³-hybridized carbons (Fsp3) is 0.280. The number of carbonyl (C=O) groups excluding carboxylic acids is 1. The van der Waals surface area contributed by atoms with Crippen LogP contribution < -0.4 is 21.5 Å². The Bertz CT molecular complexity index is 1440.